The summed E-state index contributed by atoms with van der Waals surface area (Å²) >= 11 is 0. The van der Waals surface area contributed by atoms with E-state index in [4.69, 9.17) is 4.42 Å². The summed E-state index contributed by atoms with van der Waals surface area (Å²) < 4.78 is 6.50. The number of para-hydroxylation sites is 3. The Morgan fingerprint density at radius 2 is 0.951 bits per heavy atom. The van der Waals surface area contributed by atoms with E-state index in [1.807, 2.05) is 12.1 Å². The molecule has 0 fully saturated rings. The van der Waals surface area contributed by atoms with Gasteiger partial charge in [-0.15, -0.1) is 0 Å². The van der Waals surface area contributed by atoms with E-state index in [0.717, 1.165) is 55.7 Å². The molecule has 0 saturated heterocycles. The van der Waals surface area contributed by atoms with Gasteiger partial charge in [-0.05, 0) is 91.9 Å². The first kappa shape index (κ1) is 36.6. The average Bonchev–Trinajstić information content (AvgIpc) is 3.84. The van der Waals surface area contributed by atoms with Gasteiger partial charge in [0.2, 0.25) is 0 Å². The van der Waals surface area contributed by atoms with Crippen molar-refractivity contribution in [2.75, 3.05) is 4.90 Å². The lowest BCUT2D eigenvalue weighted by atomic mass is 9.67. The number of furan rings is 1. The Labute approximate surface area is 358 Å². The monoisotopic (exact) mass is 783 g/mol. The van der Waals surface area contributed by atoms with Crippen LogP contribution in [-0.2, 0) is 10.8 Å². The van der Waals surface area contributed by atoms with Gasteiger partial charge in [0.15, 0.2) is 0 Å². The van der Waals surface area contributed by atoms with Gasteiger partial charge in [-0.2, -0.15) is 0 Å². The SMILES string of the molecule is CC(C)(C)c1ccc2c(c1)C(c1ccccc1)(c1ccccc1)c1cc(N(c3ccc(-c4cccc5c4oc4ccccc45)cc3)c3ccccc3-c3ccccc3)ccc1-2. The van der Waals surface area contributed by atoms with Gasteiger partial charge >= 0.3 is 0 Å². The molecule has 0 saturated carbocycles. The maximum absolute atomic E-state index is 6.50. The molecule has 2 nitrogen and oxygen atoms in total. The Morgan fingerprint density at radius 3 is 1.66 bits per heavy atom. The zero-order chi connectivity index (χ0) is 41.1. The third kappa shape index (κ3) is 5.93. The Hall–Kier alpha value is -7.42. The highest BCUT2D eigenvalue weighted by Gasteiger charge is 2.47. The molecule has 0 amide bonds. The molecule has 0 N–H and O–H groups in total. The van der Waals surface area contributed by atoms with E-state index in [-0.39, 0.29) is 5.41 Å². The van der Waals surface area contributed by atoms with Gasteiger partial charge < -0.3 is 9.32 Å². The Morgan fingerprint density at radius 1 is 0.410 bits per heavy atom. The molecule has 0 spiro atoms. The Balaban J connectivity index is 1.15. The van der Waals surface area contributed by atoms with Crippen LogP contribution in [0.15, 0.2) is 223 Å². The molecule has 11 rings (SSSR count). The second kappa shape index (κ2) is 14.4. The minimum atomic E-state index is -0.551. The maximum Gasteiger partial charge on any atom is 0.143 e. The van der Waals surface area contributed by atoms with E-state index in [0.29, 0.717) is 0 Å². The molecule has 10 aromatic rings. The van der Waals surface area contributed by atoms with Crippen molar-refractivity contribution in [3.05, 3.63) is 246 Å². The molecule has 1 aliphatic rings. The molecule has 0 unspecified atom stereocenters. The van der Waals surface area contributed by atoms with Crippen LogP contribution in [0.25, 0.3) is 55.3 Å². The van der Waals surface area contributed by atoms with Gasteiger partial charge in [-0.1, -0.05) is 203 Å². The number of hydrogen-bond acceptors (Lipinski definition) is 2. The van der Waals surface area contributed by atoms with Gasteiger partial charge in [0.25, 0.3) is 0 Å². The number of anilines is 3. The van der Waals surface area contributed by atoms with Crippen molar-refractivity contribution in [1.29, 1.82) is 0 Å². The van der Waals surface area contributed by atoms with Crippen molar-refractivity contribution in [2.24, 2.45) is 0 Å². The zero-order valence-electron chi connectivity index (χ0n) is 34.6. The molecule has 9 aromatic carbocycles. The van der Waals surface area contributed by atoms with Crippen molar-refractivity contribution in [1.82, 2.24) is 0 Å². The predicted octanol–water partition coefficient (Wildman–Crippen LogP) is 16.1. The molecule has 2 heteroatoms. The highest BCUT2D eigenvalue weighted by atomic mass is 16.3. The molecule has 292 valence electrons. The molecule has 0 atom stereocenters. The molecule has 1 aromatic heterocycles. The average molecular weight is 784 g/mol. The highest BCUT2D eigenvalue weighted by Crippen LogP contribution is 2.58. The Bertz CT molecular complexity index is 3170. The number of benzene rings is 9. The third-order valence-electron chi connectivity index (χ3n) is 12.7. The highest BCUT2D eigenvalue weighted by molar-refractivity contribution is 6.09. The van der Waals surface area contributed by atoms with Crippen LogP contribution in [0.2, 0.25) is 0 Å². The molecule has 0 radical (unpaired) electrons. The van der Waals surface area contributed by atoms with Gasteiger partial charge in [0, 0.05) is 33.3 Å². The third-order valence-corrected chi connectivity index (χ3v) is 12.7. The van der Waals surface area contributed by atoms with Crippen molar-refractivity contribution in [3.63, 3.8) is 0 Å². The molecule has 1 heterocycles. The van der Waals surface area contributed by atoms with Crippen molar-refractivity contribution < 1.29 is 4.42 Å². The summed E-state index contributed by atoms with van der Waals surface area (Å²) in [5.74, 6) is 0. The summed E-state index contributed by atoms with van der Waals surface area (Å²) in [5.41, 5.74) is 18.0. The minimum absolute atomic E-state index is 0.0197. The summed E-state index contributed by atoms with van der Waals surface area (Å²) in [7, 11) is 0. The second-order valence-corrected chi connectivity index (χ2v) is 17.3. The van der Waals surface area contributed by atoms with Gasteiger partial charge in [0.05, 0.1) is 11.1 Å². The number of nitrogens with zero attached hydrogens (tertiary/aromatic N) is 1. The van der Waals surface area contributed by atoms with Gasteiger partial charge in [-0.3, -0.25) is 0 Å². The number of hydrogen-bond donors (Lipinski definition) is 0. The lowest BCUT2D eigenvalue weighted by Crippen LogP contribution is -2.29. The summed E-state index contributed by atoms with van der Waals surface area (Å²) in [6.45, 7) is 6.93. The van der Waals surface area contributed by atoms with Crippen LogP contribution in [0.1, 0.15) is 48.6 Å². The van der Waals surface area contributed by atoms with Crippen LogP contribution in [0.4, 0.5) is 17.1 Å². The van der Waals surface area contributed by atoms with E-state index in [2.05, 4.69) is 232 Å². The molecular formula is C59H45NO. The molecule has 0 aliphatic heterocycles. The van der Waals surface area contributed by atoms with Crippen LogP contribution in [0.3, 0.4) is 0 Å². The lowest BCUT2D eigenvalue weighted by Gasteiger charge is -2.35. The molecule has 0 bridgehead atoms. The van der Waals surface area contributed by atoms with Crippen LogP contribution in [0.5, 0.6) is 0 Å². The fraction of sp³-hybridized carbons (Fsp3) is 0.0847. The summed E-state index contributed by atoms with van der Waals surface area (Å²) in [6.07, 6.45) is 0. The van der Waals surface area contributed by atoms with E-state index >= 15 is 0 Å². The largest absolute Gasteiger partial charge is 0.455 e. The minimum Gasteiger partial charge on any atom is -0.455 e. The zero-order valence-corrected chi connectivity index (χ0v) is 34.6. The van der Waals surface area contributed by atoms with Crippen LogP contribution in [0, 0.1) is 0 Å². The first-order valence-electron chi connectivity index (χ1n) is 21.3. The first-order valence-corrected chi connectivity index (χ1v) is 21.3. The summed E-state index contributed by atoms with van der Waals surface area (Å²) in [5, 5.41) is 2.26. The number of rotatable bonds is 7. The molecule has 61 heavy (non-hydrogen) atoms. The Kier molecular flexibility index (Phi) is 8.65. The smallest absolute Gasteiger partial charge is 0.143 e. The van der Waals surface area contributed by atoms with E-state index < -0.39 is 5.41 Å². The first-order chi connectivity index (χ1) is 29.9. The van der Waals surface area contributed by atoms with E-state index in [9.17, 15) is 0 Å². The summed E-state index contributed by atoms with van der Waals surface area (Å²) in [4.78, 5) is 2.44. The van der Waals surface area contributed by atoms with Crippen molar-refractivity contribution in [3.8, 4) is 33.4 Å². The second-order valence-electron chi connectivity index (χ2n) is 17.3. The van der Waals surface area contributed by atoms with Crippen LogP contribution < -0.4 is 4.90 Å². The standard InChI is InChI=1S/C59H45NO/c1-58(2,3)44-32-36-49-50-37-35-46(39-54(50)59(53(49)38-44,42-20-9-5-10-21-42)43-22-11-6-12-23-43)60(55-28-15-13-24-47(55)40-18-7-4-8-19-40)45-33-30-41(31-34-45)48-26-17-27-52-51-25-14-16-29-56(51)61-57(48)52/h4-39H,1-3H3. The predicted molar refractivity (Wildman–Crippen MR) is 255 cm³/mol. The fourth-order valence-corrected chi connectivity index (χ4v) is 9.80. The maximum atomic E-state index is 6.50. The fourth-order valence-electron chi connectivity index (χ4n) is 9.80. The summed E-state index contributed by atoms with van der Waals surface area (Å²) in [6, 6.07) is 79.9. The van der Waals surface area contributed by atoms with E-state index in [1.54, 1.807) is 0 Å². The molecular weight excluding hydrogens is 739 g/mol. The topological polar surface area (TPSA) is 16.4 Å². The van der Waals surface area contributed by atoms with Gasteiger partial charge in [0.1, 0.15) is 11.2 Å². The van der Waals surface area contributed by atoms with E-state index in [1.165, 1.54) is 44.5 Å². The van der Waals surface area contributed by atoms with Crippen molar-refractivity contribution >= 4 is 39.0 Å². The van der Waals surface area contributed by atoms with Gasteiger partial charge in [-0.25, -0.2) is 0 Å². The van der Waals surface area contributed by atoms with Crippen LogP contribution in [-0.4, -0.2) is 0 Å². The normalized spacial score (nSPS) is 13.0. The molecule has 1 aliphatic carbocycles. The lowest BCUT2D eigenvalue weighted by molar-refractivity contribution is 0.588. The van der Waals surface area contributed by atoms with Crippen LogP contribution >= 0.6 is 0 Å². The number of fused-ring (bicyclic) bond motifs is 6. The quantitative estimate of drug-likeness (QED) is 0.160. The van der Waals surface area contributed by atoms with Crippen molar-refractivity contribution in [2.45, 2.75) is 31.6 Å².